The van der Waals surface area contributed by atoms with Gasteiger partial charge in [0, 0.05) is 17.9 Å². The third-order valence-electron chi connectivity index (χ3n) is 2.88. The Morgan fingerprint density at radius 3 is 2.62 bits per heavy atom. The van der Waals surface area contributed by atoms with E-state index in [0.29, 0.717) is 11.3 Å². The minimum absolute atomic E-state index is 0.601. The summed E-state index contributed by atoms with van der Waals surface area (Å²) in [6.07, 6.45) is 8.42. The maximum atomic E-state index is 6.03. The second-order valence-corrected chi connectivity index (χ2v) is 4.17. The molecule has 1 fully saturated rings. The van der Waals surface area contributed by atoms with Crippen molar-refractivity contribution in [2.75, 3.05) is 0 Å². The average Bonchev–Trinajstić information content (AvgIpc) is 2.48. The van der Waals surface area contributed by atoms with Crippen LogP contribution < -0.4 is 0 Å². The van der Waals surface area contributed by atoms with E-state index in [0.717, 1.165) is 0 Å². The number of imidazole rings is 1. The lowest BCUT2D eigenvalue weighted by molar-refractivity contribution is 0.349. The van der Waals surface area contributed by atoms with Crippen LogP contribution in [0.3, 0.4) is 0 Å². The third-order valence-corrected chi connectivity index (χ3v) is 3.16. The summed E-state index contributed by atoms with van der Waals surface area (Å²) in [5, 5.41) is 0.657. The van der Waals surface area contributed by atoms with Gasteiger partial charge < -0.3 is 4.57 Å². The SMILES string of the molecule is Cc1cnc(Cl)n1C1CCCCC1. The zero-order chi connectivity index (χ0) is 9.26. The lowest BCUT2D eigenvalue weighted by Crippen LogP contribution is -2.13. The molecule has 0 unspecified atom stereocenters. The van der Waals surface area contributed by atoms with Crippen LogP contribution in [0.1, 0.15) is 43.8 Å². The van der Waals surface area contributed by atoms with E-state index in [1.165, 1.54) is 37.8 Å². The topological polar surface area (TPSA) is 17.8 Å². The molecule has 1 saturated carbocycles. The van der Waals surface area contributed by atoms with Crippen molar-refractivity contribution in [3.63, 3.8) is 0 Å². The van der Waals surface area contributed by atoms with E-state index in [-0.39, 0.29) is 0 Å². The van der Waals surface area contributed by atoms with E-state index in [4.69, 9.17) is 11.6 Å². The van der Waals surface area contributed by atoms with Gasteiger partial charge in [-0.25, -0.2) is 4.98 Å². The van der Waals surface area contributed by atoms with Gasteiger partial charge in [0.05, 0.1) is 0 Å². The van der Waals surface area contributed by atoms with Gasteiger partial charge in [0.15, 0.2) is 0 Å². The van der Waals surface area contributed by atoms with Gasteiger partial charge in [0.2, 0.25) is 5.28 Å². The first kappa shape index (κ1) is 9.07. The van der Waals surface area contributed by atoms with Crippen molar-refractivity contribution in [2.45, 2.75) is 45.1 Å². The first-order valence-corrected chi connectivity index (χ1v) is 5.36. The average molecular weight is 199 g/mol. The quantitative estimate of drug-likeness (QED) is 0.677. The van der Waals surface area contributed by atoms with E-state index in [1.807, 2.05) is 6.20 Å². The van der Waals surface area contributed by atoms with Gasteiger partial charge in [-0.1, -0.05) is 19.3 Å². The standard InChI is InChI=1S/C10H15ClN2/c1-8-7-12-10(11)13(8)9-5-3-2-4-6-9/h7,9H,2-6H2,1H3. The summed E-state index contributed by atoms with van der Waals surface area (Å²) in [6, 6.07) is 0.601. The summed E-state index contributed by atoms with van der Waals surface area (Å²) in [5.74, 6) is 0. The lowest BCUT2D eigenvalue weighted by atomic mass is 9.95. The van der Waals surface area contributed by atoms with Crippen molar-refractivity contribution in [1.82, 2.24) is 9.55 Å². The molecule has 1 aromatic heterocycles. The number of rotatable bonds is 1. The molecule has 0 atom stereocenters. The van der Waals surface area contributed by atoms with Gasteiger partial charge in [-0.2, -0.15) is 0 Å². The van der Waals surface area contributed by atoms with E-state index in [9.17, 15) is 0 Å². The van der Waals surface area contributed by atoms with Crippen LogP contribution in [-0.2, 0) is 0 Å². The molecule has 0 saturated heterocycles. The Balaban J connectivity index is 2.22. The fraction of sp³-hybridized carbons (Fsp3) is 0.700. The highest BCUT2D eigenvalue weighted by atomic mass is 35.5. The Labute approximate surface area is 83.9 Å². The minimum atomic E-state index is 0.601. The number of hydrogen-bond acceptors (Lipinski definition) is 1. The summed E-state index contributed by atoms with van der Waals surface area (Å²) in [4.78, 5) is 4.12. The fourth-order valence-electron chi connectivity index (χ4n) is 2.19. The first-order valence-electron chi connectivity index (χ1n) is 4.98. The number of nitrogens with zero attached hydrogens (tertiary/aromatic N) is 2. The second-order valence-electron chi connectivity index (χ2n) is 3.83. The van der Waals surface area contributed by atoms with Crippen molar-refractivity contribution >= 4 is 11.6 Å². The molecule has 0 radical (unpaired) electrons. The van der Waals surface area contributed by atoms with Gasteiger partial charge in [-0.3, -0.25) is 0 Å². The van der Waals surface area contributed by atoms with Gasteiger partial charge in [-0.05, 0) is 31.4 Å². The molecule has 0 amide bonds. The summed E-state index contributed by atoms with van der Waals surface area (Å²) in [6.45, 7) is 2.08. The summed E-state index contributed by atoms with van der Waals surface area (Å²) in [5.41, 5.74) is 1.19. The molecule has 72 valence electrons. The molecule has 1 aromatic rings. The monoisotopic (exact) mass is 198 g/mol. The molecule has 0 aromatic carbocycles. The Morgan fingerprint density at radius 1 is 1.38 bits per heavy atom. The van der Waals surface area contributed by atoms with Crippen LogP contribution in [0.25, 0.3) is 0 Å². The van der Waals surface area contributed by atoms with Crippen LogP contribution >= 0.6 is 11.6 Å². The first-order chi connectivity index (χ1) is 6.29. The Kier molecular flexibility index (Phi) is 2.58. The smallest absolute Gasteiger partial charge is 0.203 e. The summed E-state index contributed by atoms with van der Waals surface area (Å²) in [7, 11) is 0. The highest BCUT2D eigenvalue weighted by molar-refractivity contribution is 6.28. The molecule has 3 heteroatoms. The van der Waals surface area contributed by atoms with Gasteiger partial charge >= 0.3 is 0 Å². The predicted octanol–water partition coefficient (Wildman–Crippen LogP) is 3.35. The van der Waals surface area contributed by atoms with Gasteiger partial charge in [-0.15, -0.1) is 0 Å². The van der Waals surface area contributed by atoms with E-state index >= 15 is 0 Å². The minimum Gasteiger partial charge on any atom is -0.316 e. The van der Waals surface area contributed by atoms with Crippen LogP contribution in [0.5, 0.6) is 0 Å². The molecule has 0 spiro atoms. The third kappa shape index (κ3) is 1.73. The van der Waals surface area contributed by atoms with Crippen LogP contribution in [0.15, 0.2) is 6.20 Å². The van der Waals surface area contributed by atoms with E-state index in [1.54, 1.807) is 0 Å². The largest absolute Gasteiger partial charge is 0.316 e. The van der Waals surface area contributed by atoms with Crippen LogP contribution in [0.4, 0.5) is 0 Å². The summed E-state index contributed by atoms with van der Waals surface area (Å²) < 4.78 is 2.18. The molecule has 1 aliphatic rings. The van der Waals surface area contributed by atoms with Gasteiger partial charge in [0.25, 0.3) is 0 Å². The Morgan fingerprint density at radius 2 is 2.08 bits per heavy atom. The molecular weight excluding hydrogens is 184 g/mol. The van der Waals surface area contributed by atoms with Crippen molar-refractivity contribution in [3.05, 3.63) is 17.2 Å². The number of aryl methyl sites for hydroxylation is 1. The van der Waals surface area contributed by atoms with Crippen molar-refractivity contribution in [3.8, 4) is 0 Å². The molecular formula is C10H15ClN2. The molecule has 0 aliphatic heterocycles. The highest BCUT2D eigenvalue weighted by Crippen LogP contribution is 2.31. The fourth-order valence-corrected chi connectivity index (χ4v) is 2.51. The van der Waals surface area contributed by atoms with Crippen LogP contribution in [0.2, 0.25) is 5.28 Å². The molecule has 0 bridgehead atoms. The lowest BCUT2D eigenvalue weighted by Gasteiger charge is -2.24. The van der Waals surface area contributed by atoms with Gasteiger partial charge in [0.1, 0.15) is 0 Å². The zero-order valence-corrected chi connectivity index (χ0v) is 8.72. The van der Waals surface area contributed by atoms with Crippen LogP contribution in [-0.4, -0.2) is 9.55 Å². The van der Waals surface area contributed by atoms with Crippen molar-refractivity contribution < 1.29 is 0 Å². The molecule has 2 nitrogen and oxygen atoms in total. The molecule has 13 heavy (non-hydrogen) atoms. The normalized spacial score (nSPS) is 19.2. The molecule has 1 aliphatic carbocycles. The predicted molar refractivity (Wildman–Crippen MR) is 54.1 cm³/mol. The Bertz CT molecular complexity index is 268. The van der Waals surface area contributed by atoms with Crippen molar-refractivity contribution in [1.29, 1.82) is 0 Å². The Hall–Kier alpha value is -0.500. The van der Waals surface area contributed by atoms with Crippen LogP contribution in [0, 0.1) is 6.92 Å². The molecule has 1 heterocycles. The number of halogens is 1. The van der Waals surface area contributed by atoms with Crippen molar-refractivity contribution in [2.24, 2.45) is 0 Å². The van der Waals surface area contributed by atoms with E-state index in [2.05, 4.69) is 16.5 Å². The molecule has 2 rings (SSSR count). The summed E-state index contributed by atoms with van der Waals surface area (Å²) >= 11 is 6.03. The number of aromatic nitrogens is 2. The maximum absolute atomic E-state index is 6.03. The molecule has 0 N–H and O–H groups in total. The maximum Gasteiger partial charge on any atom is 0.203 e. The number of hydrogen-bond donors (Lipinski definition) is 0. The zero-order valence-electron chi connectivity index (χ0n) is 7.96. The highest BCUT2D eigenvalue weighted by Gasteiger charge is 2.18. The second kappa shape index (κ2) is 3.70. The van der Waals surface area contributed by atoms with E-state index < -0.39 is 0 Å².